The van der Waals surface area contributed by atoms with E-state index < -0.39 is 0 Å². The molecule has 0 amide bonds. The third-order valence-electron chi connectivity index (χ3n) is 16.6. The zero-order valence-corrected chi connectivity index (χ0v) is 47.4. The summed E-state index contributed by atoms with van der Waals surface area (Å²) in [7, 11) is 0. The molecule has 72 heavy (non-hydrogen) atoms. The third kappa shape index (κ3) is 8.45. The Morgan fingerprint density at radius 3 is 1.46 bits per heavy atom. The van der Waals surface area contributed by atoms with E-state index in [4.69, 9.17) is 0 Å². The summed E-state index contributed by atoms with van der Waals surface area (Å²) in [6.45, 7) is 45.1. The largest absolute Gasteiger partial charge is 0.311 e. The highest BCUT2D eigenvalue weighted by Crippen LogP contribution is 2.54. The molecule has 0 N–H and O–H groups in total. The van der Waals surface area contributed by atoms with Crippen LogP contribution in [0.25, 0.3) is 22.3 Å². The molecule has 7 aromatic carbocycles. The lowest BCUT2D eigenvalue weighted by atomic mass is 9.33. The van der Waals surface area contributed by atoms with Crippen molar-refractivity contribution in [3.63, 3.8) is 0 Å². The normalized spacial score (nSPS) is 16.1. The standard InChI is InChI=1S/C69H81BN2/c1-63(2,3)46-28-26-43(27-29-46)44-22-20-23-45(34-44)52-36-48(65(7,8)9)31-33-57(52)72-59-41-54-53(68(16,17)42-69(54,18)19)40-56(59)70-55-32-30-49(66(10,11)12)37-58(55)71(51-25-21-24-47(35-51)64(4,5)6)60-38-50(67(13,14)15)39-61(72)62(60)70/h20-41H,42H2,1-19H3. The average Bonchev–Trinajstić information content (AvgIpc) is 3.47. The maximum absolute atomic E-state index is 2.71. The van der Waals surface area contributed by atoms with E-state index in [0.29, 0.717) is 0 Å². The number of hydrogen-bond acceptors (Lipinski definition) is 2. The summed E-state index contributed by atoms with van der Waals surface area (Å²) in [5.41, 5.74) is 26.1. The van der Waals surface area contributed by atoms with Gasteiger partial charge in [-0.15, -0.1) is 0 Å². The highest BCUT2D eigenvalue weighted by molar-refractivity contribution is 7.00. The van der Waals surface area contributed by atoms with Gasteiger partial charge in [0.2, 0.25) is 0 Å². The van der Waals surface area contributed by atoms with E-state index >= 15 is 0 Å². The molecular weight excluding hydrogens is 868 g/mol. The van der Waals surface area contributed by atoms with Crippen LogP contribution in [0.15, 0.2) is 133 Å². The lowest BCUT2D eigenvalue weighted by molar-refractivity contribution is 0.403. The Labute approximate surface area is 435 Å². The minimum absolute atomic E-state index is 0.00890. The van der Waals surface area contributed by atoms with Gasteiger partial charge in [-0.2, -0.15) is 0 Å². The fourth-order valence-electron chi connectivity index (χ4n) is 12.5. The van der Waals surface area contributed by atoms with Gasteiger partial charge in [0, 0.05) is 34.0 Å². The van der Waals surface area contributed by atoms with Gasteiger partial charge in [0.05, 0.1) is 5.69 Å². The fourth-order valence-corrected chi connectivity index (χ4v) is 12.5. The maximum Gasteiger partial charge on any atom is 0.252 e. The predicted molar refractivity (Wildman–Crippen MR) is 316 cm³/mol. The summed E-state index contributed by atoms with van der Waals surface area (Å²) < 4.78 is 0. The molecule has 2 heterocycles. The second-order valence-electron chi connectivity index (χ2n) is 28.4. The molecule has 10 rings (SSSR count). The van der Waals surface area contributed by atoms with Crippen molar-refractivity contribution in [1.29, 1.82) is 0 Å². The van der Waals surface area contributed by atoms with E-state index in [1.54, 1.807) is 0 Å². The summed E-state index contributed by atoms with van der Waals surface area (Å²) >= 11 is 0. The van der Waals surface area contributed by atoms with E-state index in [-0.39, 0.29) is 44.6 Å². The van der Waals surface area contributed by atoms with Gasteiger partial charge in [0.1, 0.15) is 0 Å². The molecular formula is C69H81BN2. The Morgan fingerprint density at radius 2 is 0.847 bits per heavy atom. The molecule has 1 aliphatic carbocycles. The van der Waals surface area contributed by atoms with Crippen molar-refractivity contribution in [3.05, 3.63) is 172 Å². The van der Waals surface area contributed by atoms with Gasteiger partial charge in [-0.05, 0) is 171 Å². The topological polar surface area (TPSA) is 6.48 Å². The molecule has 0 saturated carbocycles. The van der Waals surface area contributed by atoms with Gasteiger partial charge in [-0.1, -0.05) is 210 Å². The zero-order chi connectivity index (χ0) is 52.0. The summed E-state index contributed by atoms with van der Waals surface area (Å²) in [5.74, 6) is 0. The second-order valence-corrected chi connectivity index (χ2v) is 28.4. The Kier molecular flexibility index (Phi) is 11.3. The molecule has 0 saturated heterocycles. The molecule has 0 aromatic heterocycles. The first-order valence-electron chi connectivity index (χ1n) is 26.9. The van der Waals surface area contributed by atoms with Crippen LogP contribution in [-0.2, 0) is 37.9 Å². The lowest BCUT2D eigenvalue weighted by Gasteiger charge is -2.46. The Balaban J connectivity index is 1.33. The summed E-state index contributed by atoms with van der Waals surface area (Å²) in [6.07, 6.45) is 1.10. The average molecular weight is 949 g/mol. The lowest BCUT2D eigenvalue weighted by Crippen LogP contribution is -2.61. The van der Waals surface area contributed by atoms with Gasteiger partial charge in [-0.3, -0.25) is 0 Å². The Hall–Kier alpha value is -5.80. The van der Waals surface area contributed by atoms with Crippen LogP contribution in [0.3, 0.4) is 0 Å². The SMILES string of the molecule is CC(C)(C)c1ccc(-c2cccc(-c3cc(C(C)(C)C)ccc3N3c4cc5c(cc4B4c6ccc(C(C)(C)C)cc6N(c6cccc(C(C)(C)C)c6)c6cc(C(C)(C)C)cc3c64)C(C)(C)CC5(C)C)c2)cc1. The van der Waals surface area contributed by atoms with Crippen LogP contribution in [0.2, 0.25) is 0 Å². The number of nitrogens with zero attached hydrogens (tertiary/aromatic N) is 2. The molecule has 0 unspecified atom stereocenters. The zero-order valence-electron chi connectivity index (χ0n) is 47.4. The molecule has 0 fully saturated rings. The molecule has 0 bridgehead atoms. The van der Waals surface area contributed by atoms with Crippen LogP contribution < -0.4 is 26.2 Å². The van der Waals surface area contributed by atoms with E-state index in [1.165, 1.54) is 112 Å². The van der Waals surface area contributed by atoms with E-state index in [2.05, 4.69) is 275 Å². The summed E-state index contributed by atoms with van der Waals surface area (Å²) in [5, 5.41) is 0. The molecule has 3 heteroatoms. The smallest absolute Gasteiger partial charge is 0.252 e. The van der Waals surface area contributed by atoms with Gasteiger partial charge in [-0.25, -0.2) is 0 Å². The van der Waals surface area contributed by atoms with Crippen LogP contribution in [0, 0.1) is 0 Å². The van der Waals surface area contributed by atoms with Crippen molar-refractivity contribution in [2.24, 2.45) is 0 Å². The molecule has 0 radical (unpaired) electrons. The number of anilines is 6. The first-order valence-corrected chi connectivity index (χ1v) is 26.9. The number of fused-ring (bicyclic) bond motifs is 5. The minimum Gasteiger partial charge on any atom is -0.311 e. The predicted octanol–water partition coefficient (Wildman–Crippen LogP) is 17.5. The van der Waals surface area contributed by atoms with Crippen LogP contribution in [0.5, 0.6) is 0 Å². The van der Waals surface area contributed by atoms with Crippen molar-refractivity contribution >= 4 is 57.2 Å². The summed E-state index contributed by atoms with van der Waals surface area (Å²) in [6, 6.07) is 53.3. The van der Waals surface area contributed by atoms with E-state index in [9.17, 15) is 0 Å². The van der Waals surface area contributed by atoms with E-state index in [0.717, 1.165) is 6.42 Å². The van der Waals surface area contributed by atoms with Crippen LogP contribution in [-0.4, -0.2) is 6.71 Å². The van der Waals surface area contributed by atoms with Crippen molar-refractivity contribution < 1.29 is 0 Å². The third-order valence-corrected chi connectivity index (χ3v) is 16.6. The molecule has 3 aliphatic rings. The van der Waals surface area contributed by atoms with Crippen LogP contribution >= 0.6 is 0 Å². The number of hydrogen-bond donors (Lipinski definition) is 0. The molecule has 2 nitrogen and oxygen atoms in total. The minimum atomic E-state index is -0.140. The number of rotatable bonds is 4. The van der Waals surface area contributed by atoms with Gasteiger partial charge in [0.25, 0.3) is 6.71 Å². The van der Waals surface area contributed by atoms with E-state index in [1.807, 2.05) is 0 Å². The first kappa shape index (κ1) is 49.8. The quantitative estimate of drug-likeness (QED) is 0.162. The van der Waals surface area contributed by atoms with Gasteiger partial charge >= 0.3 is 0 Å². The molecule has 0 spiro atoms. The number of benzene rings is 7. The maximum atomic E-state index is 2.71. The van der Waals surface area contributed by atoms with Crippen molar-refractivity contribution in [2.45, 2.75) is 176 Å². The highest BCUT2D eigenvalue weighted by Gasteiger charge is 2.49. The molecule has 7 aromatic rings. The highest BCUT2D eigenvalue weighted by atomic mass is 15.2. The molecule has 0 atom stereocenters. The summed E-state index contributed by atoms with van der Waals surface area (Å²) in [4.78, 5) is 5.36. The van der Waals surface area contributed by atoms with Crippen molar-refractivity contribution in [1.82, 2.24) is 0 Å². The van der Waals surface area contributed by atoms with Crippen LogP contribution in [0.1, 0.15) is 177 Å². The van der Waals surface area contributed by atoms with Gasteiger partial charge in [0.15, 0.2) is 0 Å². The van der Waals surface area contributed by atoms with Crippen LogP contribution in [0.4, 0.5) is 34.1 Å². The van der Waals surface area contributed by atoms with Crippen molar-refractivity contribution in [2.75, 3.05) is 9.80 Å². The Bertz CT molecular complexity index is 3290. The van der Waals surface area contributed by atoms with Crippen molar-refractivity contribution in [3.8, 4) is 22.3 Å². The Morgan fingerprint density at radius 1 is 0.361 bits per heavy atom. The fraction of sp³-hybridized carbons (Fsp3) is 0.391. The molecule has 2 aliphatic heterocycles. The van der Waals surface area contributed by atoms with Gasteiger partial charge < -0.3 is 9.80 Å². The second kappa shape index (κ2) is 16.4. The molecule has 370 valence electrons. The first-order chi connectivity index (χ1) is 33.3. The monoisotopic (exact) mass is 949 g/mol.